The molecular formula is C24H30ClFN4O2. The summed E-state index contributed by atoms with van der Waals surface area (Å²) in [6, 6.07) is 8.52. The topological polar surface area (TPSA) is 74.3 Å². The molecule has 1 fully saturated rings. The Labute approximate surface area is 193 Å². The van der Waals surface area contributed by atoms with Gasteiger partial charge in [0.05, 0.1) is 5.02 Å². The molecule has 1 aromatic carbocycles. The summed E-state index contributed by atoms with van der Waals surface area (Å²) in [5, 5.41) is 5.97. The molecule has 6 nitrogen and oxygen atoms in total. The van der Waals surface area contributed by atoms with Gasteiger partial charge in [0.25, 0.3) is 5.91 Å². The Morgan fingerprint density at radius 3 is 2.62 bits per heavy atom. The molecule has 1 aromatic heterocycles. The van der Waals surface area contributed by atoms with Crippen LogP contribution in [0.25, 0.3) is 0 Å². The molecule has 1 aliphatic heterocycles. The number of pyridine rings is 1. The van der Waals surface area contributed by atoms with Gasteiger partial charge in [-0.3, -0.25) is 14.5 Å². The Bertz CT molecular complexity index is 974. The molecule has 2 N–H and O–H groups in total. The van der Waals surface area contributed by atoms with Gasteiger partial charge < -0.3 is 10.6 Å². The second-order valence-corrected chi connectivity index (χ2v) is 9.35. The van der Waals surface area contributed by atoms with Gasteiger partial charge in [-0.15, -0.1) is 0 Å². The van der Waals surface area contributed by atoms with Crippen molar-refractivity contribution < 1.29 is 14.0 Å². The second kappa shape index (κ2) is 10.4. The van der Waals surface area contributed by atoms with Crippen LogP contribution in [0.15, 0.2) is 36.5 Å². The Morgan fingerprint density at radius 2 is 1.97 bits per heavy atom. The zero-order valence-electron chi connectivity index (χ0n) is 18.8. The monoisotopic (exact) mass is 460 g/mol. The zero-order valence-corrected chi connectivity index (χ0v) is 19.5. The number of carbonyl (C=O) groups is 2. The van der Waals surface area contributed by atoms with E-state index in [4.69, 9.17) is 11.6 Å². The molecule has 0 atom stereocenters. The van der Waals surface area contributed by atoms with E-state index in [1.807, 2.05) is 32.0 Å². The quantitative estimate of drug-likeness (QED) is 0.631. The summed E-state index contributed by atoms with van der Waals surface area (Å²) >= 11 is 5.70. The lowest BCUT2D eigenvalue weighted by Gasteiger charge is -2.33. The molecule has 0 radical (unpaired) electrons. The van der Waals surface area contributed by atoms with Gasteiger partial charge in [-0.05, 0) is 70.0 Å². The first kappa shape index (κ1) is 24.1. The number of likely N-dealkylation sites (tertiary alicyclic amines) is 1. The lowest BCUT2D eigenvalue weighted by Crippen LogP contribution is -2.48. The minimum absolute atomic E-state index is 0.0458. The highest BCUT2D eigenvalue weighted by atomic mass is 35.5. The maximum atomic E-state index is 13.9. The Morgan fingerprint density at radius 1 is 1.25 bits per heavy atom. The summed E-state index contributed by atoms with van der Waals surface area (Å²) in [4.78, 5) is 31.0. The maximum Gasteiger partial charge on any atom is 0.277 e. The van der Waals surface area contributed by atoms with E-state index in [1.54, 1.807) is 6.07 Å². The van der Waals surface area contributed by atoms with Gasteiger partial charge in [0.1, 0.15) is 0 Å². The average Bonchev–Trinajstić information content (AvgIpc) is 2.74. The molecule has 0 aliphatic carbocycles. The van der Waals surface area contributed by atoms with Crippen molar-refractivity contribution in [2.75, 3.05) is 18.4 Å². The van der Waals surface area contributed by atoms with E-state index in [0.717, 1.165) is 44.0 Å². The summed E-state index contributed by atoms with van der Waals surface area (Å²) in [7, 11) is 0. The van der Waals surface area contributed by atoms with Crippen LogP contribution >= 0.6 is 11.6 Å². The number of benzene rings is 1. The predicted molar refractivity (Wildman–Crippen MR) is 124 cm³/mol. The molecule has 3 rings (SSSR count). The van der Waals surface area contributed by atoms with Crippen molar-refractivity contribution in [3.8, 4) is 0 Å². The van der Waals surface area contributed by atoms with Gasteiger partial charge in [-0.1, -0.05) is 30.7 Å². The van der Waals surface area contributed by atoms with Gasteiger partial charge in [0, 0.05) is 29.9 Å². The zero-order chi connectivity index (χ0) is 23.3. The predicted octanol–water partition coefficient (Wildman–Crippen LogP) is 4.64. The van der Waals surface area contributed by atoms with Crippen LogP contribution in [0.5, 0.6) is 0 Å². The lowest BCUT2D eigenvalue weighted by molar-refractivity contribution is -0.128. The fraction of sp³-hybridized carbons (Fsp3) is 0.458. The van der Waals surface area contributed by atoms with Crippen LogP contribution in [0, 0.1) is 11.7 Å². The van der Waals surface area contributed by atoms with Crippen LogP contribution in [-0.2, 0) is 11.3 Å². The summed E-state index contributed by atoms with van der Waals surface area (Å²) in [6.07, 6.45) is 3.78. The van der Waals surface area contributed by atoms with E-state index in [0.29, 0.717) is 12.2 Å². The molecule has 2 heterocycles. The average molecular weight is 461 g/mol. The van der Waals surface area contributed by atoms with Crippen molar-refractivity contribution >= 4 is 29.1 Å². The Balaban J connectivity index is 1.54. The lowest BCUT2D eigenvalue weighted by atomic mass is 9.93. The number of carbonyl (C=O) groups excluding carboxylic acids is 2. The third kappa shape index (κ3) is 6.50. The summed E-state index contributed by atoms with van der Waals surface area (Å²) in [6.45, 7) is 8.54. The molecule has 2 amide bonds. The van der Waals surface area contributed by atoms with Crippen LogP contribution in [-0.4, -0.2) is 40.3 Å². The normalized spacial score (nSPS) is 15.4. The SMILES string of the molecule is CCC(C)(C)NC(=O)C1CCN(Cc2cccc(NC(=O)c3ncc(Cl)cc3F)c2)CC1. The molecule has 32 heavy (non-hydrogen) atoms. The number of amides is 2. The van der Waals surface area contributed by atoms with Gasteiger partial charge in [-0.25, -0.2) is 9.37 Å². The smallest absolute Gasteiger partial charge is 0.277 e. The van der Waals surface area contributed by atoms with Crippen molar-refractivity contribution in [3.05, 3.63) is 58.6 Å². The van der Waals surface area contributed by atoms with E-state index < -0.39 is 11.7 Å². The van der Waals surface area contributed by atoms with Crippen molar-refractivity contribution in [1.82, 2.24) is 15.2 Å². The molecule has 1 saturated heterocycles. The minimum atomic E-state index is -0.764. The molecule has 1 aliphatic rings. The highest BCUT2D eigenvalue weighted by Crippen LogP contribution is 2.22. The van der Waals surface area contributed by atoms with Crippen molar-refractivity contribution in [1.29, 1.82) is 0 Å². The Kier molecular flexibility index (Phi) is 7.85. The fourth-order valence-electron chi connectivity index (χ4n) is 3.65. The number of anilines is 1. The fourth-order valence-corrected chi connectivity index (χ4v) is 3.80. The van der Waals surface area contributed by atoms with Crippen LogP contribution in [0.1, 0.15) is 56.1 Å². The van der Waals surface area contributed by atoms with Crippen LogP contribution in [0.2, 0.25) is 5.02 Å². The largest absolute Gasteiger partial charge is 0.351 e. The van der Waals surface area contributed by atoms with Crippen molar-refractivity contribution in [2.24, 2.45) is 5.92 Å². The molecule has 8 heteroatoms. The summed E-state index contributed by atoms with van der Waals surface area (Å²) in [5.41, 5.74) is 1.12. The first-order chi connectivity index (χ1) is 15.2. The van der Waals surface area contributed by atoms with Crippen LogP contribution in [0.4, 0.5) is 10.1 Å². The summed E-state index contributed by atoms with van der Waals surface area (Å²) < 4.78 is 13.9. The van der Waals surface area contributed by atoms with Gasteiger partial charge >= 0.3 is 0 Å². The van der Waals surface area contributed by atoms with E-state index in [9.17, 15) is 14.0 Å². The number of nitrogens with zero attached hydrogens (tertiary/aromatic N) is 2. The molecular weight excluding hydrogens is 431 g/mol. The molecule has 0 bridgehead atoms. The van der Waals surface area contributed by atoms with E-state index >= 15 is 0 Å². The number of hydrogen-bond acceptors (Lipinski definition) is 4. The molecule has 2 aromatic rings. The van der Waals surface area contributed by atoms with Gasteiger partial charge in [-0.2, -0.15) is 0 Å². The van der Waals surface area contributed by atoms with Gasteiger partial charge in [0.2, 0.25) is 5.91 Å². The van der Waals surface area contributed by atoms with Crippen molar-refractivity contribution in [3.63, 3.8) is 0 Å². The number of halogens is 2. The molecule has 0 spiro atoms. The number of hydrogen-bond donors (Lipinski definition) is 2. The molecule has 0 saturated carbocycles. The highest BCUT2D eigenvalue weighted by Gasteiger charge is 2.28. The van der Waals surface area contributed by atoms with E-state index in [-0.39, 0.29) is 28.1 Å². The minimum Gasteiger partial charge on any atom is -0.351 e. The molecule has 172 valence electrons. The first-order valence-electron chi connectivity index (χ1n) is 10.9. The van der Waals surface area contributed by atoms with Gasteiger partial charge in [0.15, 0.2) is 11.5 Å². The number of nitrogens with one attached hydrogen (secondary N) is 2. The standard InChI is InChI=1S/C24H30ClFN4O2/c1-4-24(2,3)29-22(31)17-8-10-30(11-9-17)15-16-6-5-7-19(12-16)28-23(32)21-20(26)13-18(25)14-27-21/h5-7,12-14,17H,4,8-11,15H2,1-3H3,(H,28,32)(H,29,31). The third-order valence-corrected chi connectivity index (χ3v) is 6.12. The maximum absolute atomic E-state index is 13.9. The number of aromatic nitrogens is 1. The van der Waals surface area contributed by atoms with E-state index in [2.05, 4.69) is 27.4 Å². The van der Waals surface area contributed by atoms with E-state index in [1.165, 1.54) is 6.20 Å². The number of piperidine rings is 1. The molecule has 0 unspecified atom stereocenters. The first-order valence-corrected chi connectivity index (χ1v) is 11.3. The van der Waals surface area contributed by atoms with Crippen LogP contribution < -0.4 is 10.6 Å². The van der Waals surface area contributed by atoms with Crippen molar-refractivity contribution in [2.45, 2.75) is 52.1 Å². The number of rotatable bonds is 7. The van der Waals surface area contributed by atoms with Crippen LogP contribution in [0.3, 0.4) is 0 Å². The highest BCUT2D eigenvalue weighted by molar-refractivity contribution is 6.30. The second-order valence-electron chi connectivity index (χ2n) is 8.92. The third-order valence-electron chi connectivity index (χ3n) is 5.92. The summed E-state index contributed by atoms with van der Waals surface area (Å²) in [5.74, 6) is -1.20. The Hall–Kier alpha value is -2.51.